The van der Waals surface area contributed by atoms with Gasteiger partial charge in [-0.25, -0.2) is 4.98 Å². The Labute approximate surface area is 229 Å². The lowest BCUT2D eigenvalue weighted by molar-refractivity contribution is -0.135. The first-order valence-corrected chi connectivity index (χ1v) is 14.1. The topological polar surface area (TPSA) is 92.9 Å². The number of carbonyl (C=O) groups is 2. The molecule has 3 aliphatic rings. The predicted octanol–water partition coefficient (Wildman–Crippen LogP) is 3.61. The van der Waals surface area contributed by atoms with Crippen LogP contribution < -0.4 is 0 Å². The number of fused-ring (bicyclic) bond motifs is 1. The van der Waals surface area contributed by atoms with Gasteiger partial charge in [-0.05, 0) is 23.3 Å². The van der Waals surface area contributed by atoms with E-state index in [-0.39, 0.29) is 17.7 Å². The van der Waals surface area contributed by atoms with Gasteiger partial charge in [0.1, 0.15) is 11.4 Å². The molecule has 0 unspecified atom stereocenters. The van der Waals surface area contributed by atoms with Gasteiger partial charge in [-0.3, -0.25) is 24.2 Å². The SMILES string of the molecule is Cn1ncc2cc(-c3ccc(C4=NC5(CCOCC5)C(=O)N4CC4CN(C(=O)c5nccs5)C4)cc3)ccc21. The van der Waals surface area contributed by atoms with Gasteiger partial charge < -0.3 is 9.64 Å². The van der Waals surface area contributed by atoms with Crippen molar-refractivity contribution in [2.45, 2.75) is 18.4 Å². The van der Waals surface area contributed by atoms with E-state index in [4.69, 9.17) is 9.73 Å². The van der Waals surface area contributed by atoms with Gasteiger partial charge in [0.2, 0.25) is 0 Å². The number of likely N-dealkylation sites (tertiary alicyclic amines) is 1. The summed E-state index contributed by atoms with van der Waals surface area (Å²) in [6.45, 7) is 2.83. The number of ether oxygens (including phenoxy) is 1. The molecule has 2 aromatic heterocycles. The number of carbonyl (C=O) groups excluding carboxylic acids is 2. The molecule has 0 aliphatic carbocycles. The summed E-state index contributed by atoms with van der Waals surface area (Å²) in [5.74, 6) is 0.935. The molecule has 0 radical (unpaired) electrons. The van der Waals surface area contributed by atoms with E-state index in [1.807, 2.05) is 28.2 Å². The van der Waals surface area contributed by atoms with Gasteiger partial charge in [0.05, 0.1) is 11.7 Å². The van der Waals surface area contributed by atoms with E-state index < -0.39 is 5.54 Å². The highest BCUT2D eigenvalue weighted by Gasteiger charge is 2.50. The maximum Gasteiger partial charge on any atom is 0.282 e. The van der Waals surface area contributed by atoms with Gasteiger partial charge in [0, 0.05) is 81.2 Å². The average molecular weight is 541 g/mol. The van der Waals surface area contributed by atoms with Crippen molar-refractivity contribution in [2.24, 2.45) is 18.0 Å². The third-order valence-corrected chi connectivity index (χ3v) is 8.82. The van der Waals surface area contributed by atoms with Crippen LogP contribution in [-0.4, -0.2) is 80.6 Å². The lowest BCUT2D eigenvalue weighted by Crippen LogP contribution is -2.56. The number of aryl methyl sites for hydroxylation is 1. The molecular weight excluding hydrogens is 512 g/mol. The molecule has 2 fully saturated rings. The Balaban J connectivity index is 1.13. The van der Waals surface area contributed by atoms with Crippen LogP contribution in [0, 0.1) is 5.92 Å². The minimum Gasteiger partial charge on any atom is -0.381 e. The van der Waals surface area contributed by atoms with Crippen molar-refractivity contribution in [2.75, 3.05) is 32.8 Å². The summed E-state index contributed by atoms with van der Waals surface area (Å²) in [5.41, 5.74) is 3.47. The Morgan fingerprint density at radius 2 is 1.82 bits per heavy atom. The summed E-state index contributed by atoms with van der Waals surface area (Å²) in [4.78, 5) is 39.3. The highest BCUT2D eigenvalue weighted by atomic mass is 32.1. The second kappa shape index (κ2) is 9.39. The van der Waals surface area contributed by atoms with Crippen LogP contribution in [0.4, 0.5) is 0 Å². The molecule has 9 nitrogen and oxygen atoms in total. The Hall–Kier alpha value is -3.89. The summed E-state index contributed by atoms with van der Waals surface area (Å²) in [6.07, 6.45) is 4.71. The summed E-state index contributed by atoms with van der Waals surface area (Å²) in [6, 6.07) is 14.6. The Morgan fingerprint density at radius 3 is 2.56 bits per heavy atom. The lowest BCUT2D eigenvalue weighted by atomic mass is 9.90. The van der Waals surface area contributed by atoms with Crippen molar-refractivity contribution in [3.63, 3.8) is 0 Å². The number of amides is 2. The largest absolute Gasteiger partial charge is 0.381 e. The summed E-state index contributed by atoms with van der Waals surface area (Å²) in [7, 11) is 1.94. The Bertz CT molecular complexity index is 1580. The molecule has 39 heavy (non-hydrogen) atoms. The fourth-order valence-corrected chi connectivity index (χ4v) is 6.41. The van der Waals surface area contributed by atoms with Crippen LogP contribution in [0.5, 0.6) is 0 Å². The number of amidine groups is 1. The smallest absolute Gasteiger partial charge is 0.282 e. The van der Waals surface area contributed by atoms with Crippen LogP contribution in [0.1, 0.15) is 28.2 Å². The Kier molecular flexibility index (Phi) is 5.82. The molecule has 0 saturated carbocycles. The molecule has 0 bridgehead atoms. The van der Waals surface area contributed by atoms with Crippen LogP contribution in [0.3, 0.4) is 0 Å². The van der Waals surface area contributed by atoms with E-state index in [1.165, 1.54) is 11.3 Å². The van der Waals surface area contributed by atoms with Gasteiger partial charge in [0.25, 0.3) is 11.8 Å². The number of thiazole rings is 1. The molecule has 0 N–H and O–H groups in total. The maximum atomic E-state index is 13.8. The molecule has 1 spiro atoms. The first-order valence-electron chi connectivity index (χ1n) is 13.2. The molecule has 10 heteroatoms. The molecular formula is C29H28N6O3S. The zero-order valence-corrected chi connectivity index (χ0v) is 22.4. The summed E-state index contributed by atoms with van der Waals surface area (Å²) < 4.78 is 7.44. The molecule has 2 amide bonds. The van der Waals surface area contributed by atoms with Crippen molar-refractivity contribution in [3.05, 3.63) is 70.8 Å². The van der Waals surface area contributed by atoms with Crippen LogP contribution in [0.25, 0.3) is 22.0 Å². The highest BCUT2D eigenvalue weighted by Crippen LogP contribution is 2.36. The van der Waals surface area contributed by atoms with Gasteiger partial charge in [-0.15, -0.1) is 11.3 Å². The first-order chi connectivity index (χ1) is 19.0. The number of nitrogens with zero attached hydrogens (tertiary/aromatic N) is 6. The lowest BCUT2D eigenvalue weighted by Gasteiger charge is -2.41. The van der Waals surface area contributed by atoms with E-state index in [2.05, 4.69) is 52.5 Å². The molecule has 198 valence electrons. The van der Waals surface area contributed by atoms with E-state index in [0.717, 1.165) is 33.4 Å². The zero-order valence-electron chi connectivity index (χ0n) is 21.6. The van der Waals surface area contributed by atoms with E-state index in [9.17, 15) is 9.59 Å². The van der Waals surface area contributed by atoms with Crippen molar-refractivity contribution in [1.82, 2.24) is 24.6 Å². The molecule has 7 rings (SSSR count). The standard InChI is InChI=1S/C29H28N6O3S/c1-33-24-7-6-22(14-23(24)15-31-33)20-2-4-21(5-3-20)25-32-29(8-11-38-12-9-29)28(37)35(25)18-19-16-34(17-19)27(36)26-30-10-13-39-26/h2-7,10,13-15,19H,8-9,11-12,16-18H2,1H3. The summed E-state index contributed by atoms with van der Waals surface area (Å²) >= 11 is 1.35. The van der Waals surface area contributed by atoms with E-state index in [1.54, 1.807) is 11.1 Å². The van der Waals surface area contributed by atoms with Gasteiger partial charge in [-0.2, -0.15) is 5.10 Å². The van der Waals surface area contributed by atoms with Crippen LogP contribution >= 0.6 is 11.3 Å². The van der Waals surface area contributed by atoms with Crippen molar-refractivity contribution < 1.29 is 14.3 Å². The molecule has 0 atom stereocenters. The number of rotatable bonds is 5. The first kappa shape index (κ1) is 24.2. The van der Waals surface area contributed by atoms with E-state index >= 15 is 0 Å². The fraction of sp³-hybridized carbons (Fsp3) is 0.345. The van der Waals surface area contributed by atoms with Crippen molar-refractivity contribution >= 4 is 39.9 Å². The number of hydrogen-bond acceptors (Lipinski definition) is 7. The Morgan fingerprint density at radius 1 is 1.08 bits per heavy atom. The average Bonchev–Trinajstić information content (AvgIpc) is 3.67. The molecule has 2 aromatic carbocycles. The van der Waals surface area contributed by atoms with E-state index in [0.29, 0.717) is 50.7 Å². The fourth-order valence-electron chi connectivity index (χ4n) is 5.81. The zero-order chi connectivity index (χ0) is 26.6. The normalized spacial score (nSPS) is 19.1. The second-order valence-corrected chi connectivity index (χ2v) is 11.4. The number of hydrogen-bond donors (Lipinski definition) is 0. The van der Waals surface area contributed by atoms with Crippen molar-refractivity contribution in [1.29, 1.82) is 0 Å². The van der Waals surface area contributed by atoms with Gasteiger partial charge in [0.15, 0.2) is 5.01 Å². The third-order valence-electron chi connectivity index (χ3n) is 8.06. The molecule has 2 saturated heterocycles. The van der Waals surface area contributed by atoms with Crippen molar-refractivity contribution in [3.8, 4) is 11.1 Å². The highest BCUT2D eigenvalue weighted by molar-refractivity contribution is 7.11. The number of aromatic nitrogens is 3. The summed E-state index contributed by atoms with van der Waals surface area (Å²) in [5, 5.41) is 7.77. The molecule has 4 aromatic rings. The minimum absolute atomic E-state index is 0.0381. The van der Waals surface area contributed by atoms with Crippen LogP contribution in [-0.2, 0) is 16.6 Å². The minimum atomic E-state index is -0.752. The second-order valence-electron chi connectivity index (χ2n) is 10.5. The van der Waals surface area contributed by atoms with Gasteiger partial charge >= 0.3 is 0 Å². The predicted molar refractivity (Wildman–Crippen MR) is 149 cm³/mol. The maximum absolute atomic E-state index is 13.8. The third kappa shape index (κ3) is 4.15. The van der Waals surface area contributed by atoms with Gasteiger partial charge in [-0.1, -0.05) is 30.3 Å². The molecule has 5 heterocycles. The number of benzene rings is 2. The number of aliphatic imine (C=N–C) groups is 1. The van der Waals surface area contributed by atoms with Crippen LogP contribution in [0.2, 0.25) is 0 Å². The molecule has 3 aliphatic heterocycles. The monoisotopic (exact) mass is 540 g/mol. The van der Waals surface area contributed by atoms with Crippen LogP contribution in [0.15, 0.2) is 65.2 Å². The quantitative estimate of drug-likeness (QED) is 0.386.